The third-order valence-electron chi connectivity index (χ3n) is 1.73. The van der Waals surface area contributed by atoms with Gasteiger partial charge >= 0.3 is 0 Å². The number of aliphatic hydroxyl groups is 1. The Morgan fingerprint density at radius 3 is 2.07 bits per heavy atom. The number of nitrogens with two attached hydrogens (primary N) is 1. The first-order valence-electron chi connectivity index (χ1n) is 3.86. The van der Waals surface area contributed by atoms with Crippen LogP contribution in [0.15, 0.2) is 0 Å². The first-order chi connectivity index (χ1) is 6.28. The van der Waals surface area contributed by atoms with E-state index in [1.807, 2.05) is 0 Å². The average Bonchev–Trinajstić information content (AvgIpc) is 1.99. The molecular formula is C7H11F4NO2. The van der Waals surface area contributed by atoms with Crippen LogP contribution in [0.4, 0.5) is 17.6 Å². The van der Waals surface area contributed by atoms with Gasteiger partial charge < -0.3 is 10.8 Å². The minimum absolute atomic E-state index is 0.760. The minimum atomic E-state index is -2.97. The molecule has 0 heterocycles. The summed E-state index contributed by atoms with van der Waals surface area (Å²) in [5.74, 6) is -1.40. The second-order valence-electron chi connectivity index (χ2n) is 2.92. The van der Waals surface area contributed by atoms with Gasteiger partial charge in [0, 0.05) is 12.8 Å². The van der Waals surface area contributed by atoms with Crippen molar-refractivity contribution in [3.05, 3.63) is 0 Å². The summed E-state index contributed by atoms with van der Waals surface area (Å²) in [5, 5.41) is 9.22. The summed E-state index contributed by atoms with van der Waals surface area (Å²) in [5.41, 5.74) is 2.10. The first kappa shape index (κ1) is 13.2. The Morgan fingerprint density at radius 2 is 1.79 bits per heavy atom. The lowest BCUT2D eigenvalue weighted by Gasteiger charge is -2.23. The van der Waals surface area contributed by atoms with Crippen LogP contribution in [0.2, 0.25) is 0 Å². The van der Waals surface area contributed by atoms with Crippen molar-refractivity contribution in [1.29, 1.82) is 0 Å². The van der Waals surface area contributed by atoms with Gasteiger partial charge in [-0.1, -0.05) is 0 Å². The van der Waals surface area contributed by atoms with Crippen molar-refractivity contribution in [3.63, 3.8) is 0 Å². The normalized spacial score (nSPS) is 15.9. The van der Waals surface area contributed by atoms with E-state index < -0.39 is 43.6 Å². The van der Waals surface area contributed by atoms with Gasteiger partial charge in [-0.15, -0.1) is 0 Å². The van der Waals surface area contributed by atoms with Gasteiger partial charge in [0.05, 0.1) is 0 Å². The van der Waals surface area contributed by atoms with Crippen LogP contribution < -0.4 is 5.73 Å². The maximum atomic E-state index is 11.9. The Bertz CT molecular complexity index is 200. The first-order valence-corrected chi connectivity index (χ1v) is 3.86. The number of rotatable bonds is 6. The Labute approximate surface area is 77.9 Å². The van der Waals surface area contributed by atoms with Crippen molar-refractivity contribution in [2.45, 2.75) is 37.7 Å². The molecule has 1 unspecified atom stereocenters. The molecule has 1 amide bonds. The number of hydrogen-bond acceptors (Lipinski definition) is 2. The number of amides is 1. The van der Waals surface area contributed by atoms with Crippen LogP contribution in [0.5, 0.6) is 0 Å². The molecule has 7 heteroatoms. The molecule has 0 spiro atoms. The summed E-state index contributed by atoms with van der Waals surface area (Å²) in [6, 6.07) is 0. The monoisotopic (exact) mass is 217 g/mol. The van der Waals surface area contributed by atoms with Crippen LogP contribution in [0.25, 0.3) is 0 Å². The van der Waals surface area contributed by atoms with Gasteiger partial charge in [-0.3, -0.25) is 4.79 Å². The second-order valence-corrected chi connectivity index (χ2v) is 2.92. The number of halogens is 4. The molecule has 0 aliphatic carbocycles. The quantitative estimate of drug-likeness (QED) is 0.649. The Morgan fingerprint density at radius 1 is 1.29 bits per heavy atom. The summed E-state index contributed by atoms with van der Waals surface area (Å²) < 4.78 is 47.1. The molecule has 0 aromatic rings. The van der Waals surface area contributed by atoms with Crippen LogP contribution in [0, 0.1) is 0 Å². The molecule has 0 aromatic heterocycles. The topological polar surface area (TPSA) is 63.3 Å². The standard InChI is InChI=1S/C7H11F4NO2/c8-4(9)1-2-7(14,6(12)13)3-5(10)11/h4-5,14H,1-3H2,(H2,12,13). The van der Waals surface area contributed by atoms with Gasteiger partial charge in [-0.25, -0.2) is 17.6 Å². The van der Waals surface area contributed by atoms with Crippen LogP contribution in [0.1, 0.15) is 19.3 Å². The van der Waals surface area contributed by atoms with E-state index in [9.17, 15) is 27.5 Å². The smallest absolute Gasteiger partial charge is 0.249 e. The van der Waals surface area contributed by atoms with E-state index in [1.54, 1.807) is 0 Å². The maximum Gasteiger partial charge on any atom is 0.249 e. The Hall–Kier alpha value is -0.850. The van der Waals surface area contributed by atoms with Crippen molar-refractivity contribution in [1.82, 2.24) is 0 Å². The number of alkyl halides is 4. The molecule has 14 heavy (non-hydrogen) atoms. The zero-order chi connectivity index (χ0) is 11.4. The molecular weight excluding hydrogens is 206 g/mol. The molecule has 3 N–H and O–H groups in total. The second kappa shape index (κ2) is 5.14. The molecule has 0 aliphatic rings. The molecule has 0 bridgehead atoms. The van der Waals surface area contributed by atoms with Crippen LogP contribution in [0.3, 0.4) is 0 Å². The van der Waals surface area contributed by atoms with E-state index in [-0.39, 0.29) is 0 Å². The summed E-state index contributed by atoms with van der Waals surface area (Å²) >= 11 is 0. The van der Waals surface area contributed by atoms with E-state index in [2.05, 4.69) is 5.73 Å². The fourth-order valence-electron chi connectivity index (χ4n) is 0.929. The lowest BCUT2D eigenvalue weighted by molar-refractivity contribution is -0.142. The molecule has 0 saturated heterocycles. The number of hydrogen-bond donors (Lipinski definition) is 2. The van der Waals surface area contributed by atoms with Gasteiger partial charge in [0.1, 0.15) is 5.60 Å². The van der Waals surface area contributed by atoms with E-state index in [0.717, 1.165) is 0 Å². The van der Waals surface area contributed by atoms with Crippen LogP contribution >= 0.6 is 0 Å². The van der Waals surface area contributed by atoms with Crippen LogP contribution in [-0.4, -0.2) is 29.5 Å². The van der Waals surface area contributed by atoms with E-state index >= 15 is 0 Å². The fraction of sp³-hybridized carbons (Fsp3) is 0.857. The fourth-order valence-corrected chi connectivity index (χ4v) is 0.929. The van der Waals surface area contributed by atoms with Crippen molar-refractivity contribution in [3.8, 4) is 0 Å². The highest BCUT2D eigenvalue weighted by Crippen LogP contribution is 2.23. The largest absolute Gasteiger partial charge is 0.380 e. The molecule has 0 saturated carbocycles. The van der Waals surface area contributed by atoms with E-state index in [0.29, 0.717) is 0 Å². The number of carbonyl (C=O) groups excluding carboxylic acids is 1. The van der Waals surface area contributed by atoms with Gasteiger partial charge in [0.25, 0.3) is 0 Å². The predicted octanol–water partition coefficient (Wildman–Crippen LogP) is 0.903. The van der Waals surface area contributed by atoms with Gasteiger partial charge in [0.15, 0.2) is 0 Å². The molecule has 1 atom stereocenters. The Kier molecular flexibility index (Phi) is 4.82. The zero-order valence-corrected chi connectivity index (χ0v) is 7.22. The van der Waals surface area contributed by atoms with Gasteiger partial charge in [-0.05, 0) is 6.42 Å². The third-order valence-corrected chi connectivity index (χ3v) is 1.73. The Balaban J connectivity index is 4.32. The molecule has 84 valence electrons. The van der Waals surface area contributed by atoms with Crippen molar-refractivity contribution < 1.29 is 27.5 Å². The van der Waals surface area contributed by atoms with Gasteiger partial charge in [-0.2, -0.15) is 0 Å². The predicted molar refractivity (Wildman–Crippen MR) is 40.0 cm³/mol. The highest BCUT2D eigenvalue weighted by molar-refractivity contribution is 5.83. The van der Waals surface area contributed by atoms with Gasteiger partial charge in [0.2, 0.25) is 18.8 Å². The average molecular weight is 217 g/mol. The van der Waals surface area contributed by atoms with E-state index in [1.165, 1.54) is 0 Å². The summed E-state index contributed by atoms with van der Waals surface area (Å²) in [6.45, 7) is 0. The molecule has 0 radical (unpaired) electrons. The summed E-state index contributed by atoms with van der Waals surface area (Å²) in [7, 11) is 0. The zero-order valence-electron chi connectivity index (χ0n) is 7.22. The van der Waals surface area contributed by atoms with Crippen molar-refractivity contribution >= 4 is 5.91 Å². The summed E-state index contributed by atoms with van der Waals surface area (Å²) in [4.78, 5) is 10.6. The van der Waals surface area contributed by atoms with E-state index in [4.69, 9.17) is 0 Å². The molecule has 0 rings (SSSR count). The highest BCUT2D eigenvalue weighted by Gasteiger charge is 2.37. The third kappa shape index (κ3) is 4.40. The number of primary amides is 1. The highest BCUT2D eigenvalue weighted by atomic mass is 19.3. The lowest BCUT2D eigenvalue weighted by Crippen LogP contribution is -2.45. The maximum absolute atomic E-state index is 11.9. The van der Waals surface area contributed by atoms with Crippen molar-refractivity contribution in [2.75, 3.05) is 0 Å². The number of carbonyl (C=O) groups is 1. The minimum Gasteiger partial charge on any atom is -0.380 e. The van der Waals surface area contributed by atoms with Crippen LogP contribution in [-0.2, 0) is 4.79 Å². The lowest BCUT2D eigenvalue weighted by atomic mass is 9.93. The SMILES string of the molecule is NC(=O)C(O)(CCC(F)F)CC(F)F. The molecule has 3 nitrogen and oxygen atoms in total. The molecule has 0 fully saturated rings. The summed E-state index contributed by atoms with van der Waals surface area (Å²) in [6.07, 6.45) is -8.55. The molecule has 0 aliphatic heterocycles. The van der Waals surface area contributed by atoms with Crippen molar-refractivity contribution in [2.24, 2.45) is 5.73 Å². The molecule has 0 aromatic carbocycles.